The molecular formula is C24H30FN5O5S. The molecule has 0 N–H and O–H groups in total. The summed E-state index contributed by atoms with van der Waals surface area (Å²) in [5, 5.41) is 7.44. The van der Waals surface area contributed by atoms with Gasteiger partial charge in [-0.3, -0.25) is 0 Å². The van der Waals surface area contributed by atoms with E-state index in [0.717, 1.165) is 5.56 Å². The van der Waals surface area contributed by atoms with Crippen LogP contribution >= 0.6 is 0 Å². The first-order chi connectivity index (χ1) is 17.1. The Labute approximate surface area is 209 Å². The van der Waals surface area contributed by atoms with Gasteiger partial charge in [0.2, 0.25) is 0 Å². The Kier molecular flexibility index (Phi) is 7.67. The minimum atomic E-state index is -3.84. The highest BCUT2D eigenvalue weighted by molar-refractivity contribution is 7.91. The Morgan fingerprint density at radius 2 is 1.92 bits per heavy atom. The number of hydrogen-bond donors (Lipinski definition) is 0. The van der Waals surface area contributed by atoms with Gasteiger partial charge in [0, 0.05) is 19.5 Å². The summed E-state index contributed by atoms with van der Waals surface area (Å²) in [7, 11) is -2.30. The van der Waals surface area contributed by atoms with Crippen molar-refractivity contribution in [1.29, 1.82) is 0 Å². The Morgan fingerprint density at radius 3 is 2.58 bits per heavy atom. The van der Waals surface area contributed by atoms with Crippen LogP contribution in [0.2, 0.25) is 0 Å². The molecule has 1 aromatic carbocycles. The minimum Gasteiger partial charge on any atom is -0.491 e. The number of sulfone groups is 1. The van der Waals surface area contributed by atoms with E-state index in [4.69, 9.17) is 14.2 Å². The standard InChI is InChI=1S/C24H30FN5O5S/c1-14(2)35-22(23-26-9-15(3)10-27-23)16(4)36(31,32)13-21-28-29-24-19-8-17(25)6-7-20(19)34-12-18(11-33-5)30(21)24/h6-10,14,16,18,22H,11-13H2,1-5H3/t16-,18-,22+/m0/s1. The molecular weight excluding hydrogens is 489 g/mol. The third kappa shape index (κ3) is 5.40. The first-order valence-corrected chi connectivity index (χ1v) is 13.3. The van der Waals surface area contributed by atoms with Crippen LogP contribution in [-0.4, -0.2) is 64.8 Å². The highest BCUT2D eigenvalue weighted by Crippen LogP contribution is 2.36. The van der Waals surface area contributed by atoms with E-state index >= 15 is 0 Å². The second kappa shape index (κ2) is 10.6. The van der Waals surface area contributed by atoms with Gasteiger partial charge in [0.05, 0.1) is 29.6 Å². The van der Waals surface area contributed by atoms with Crippen LogP contribution in [-0.2, 0) is 25.1 Å². The molecule has 0 amide bonds. The molecule has 0 unspecified atom stereocenters. The van der Waals surface area contributed by atoms with Crippen molar-refractivity contribution in [2.75, 3.05) is 20.3 Å². The van der Waals surface area contributed by atoms with Gasteiger partial charge in [-0.15, -0.1) is 10.2 Å². The summed E-state index contributed by atoms with van der Waals surface area (Å²) in [6.07, 6.45) is 2.12. The van der Waals surface area contributed by atoms with Crippen LogP contribution in [0.15, 0.2) is 30.6 Å². The van der Waals surface area contributed by atoms with Gasteiger partial charge >= 0.3 is 0 Å². The Hall–Kier alpha value is -2.96. The lowest BCUT2D eigenvalue weighted by molar-refractivity contribution is 0.00140. The van der Waals surface area contributed by atoms with Crippen LogP contribution in [0.5, 0.6) is 5.75 Å². The number of nitrogens with zero attached hydrogens (tertiary/aromatic N) is 5. The highest BCUT2D eigenvalue weighted by Gasteiger charge is 2.37. The van der Waals surface area contributed by atoms with Crippen molar-refractivity contribution in [3.8, 4) is 17.1 Å². The summed E-state index contributed by atoms with van der Waals surface area (Å²) in [5.41, 5.74) is 1.25. The predicted molar refractivity (Wildman–Crippen MR) is 130 cm³/mol. The molecule has 4 rings (SSSR count). The quantitative estimate of drug-likeness (QED) is 0.420. The first-order valence-electron chi connectivity index (χ1n) is 11.6. The number of hydrogen-bond acceptors (Lipinski definition) is 9. The van der Waals surface area contributed by atoms with Gasteiger partial charge in [-0.25, -0.2) is 22.8 Å². The maximum absolute atomic E-state index is 14.1. The number of aromatic nitrogens is 5. The summed E-state index contributed by atoms with van der Waals surface area (Å²) < 4.78 is 60.2. The molecule has 0 radical (unpaired) electrons. The summed E-state index contributed by atoms with van der Waals surface area (Å²) >= 11 is 0. The van der Waals surface area contributed by atoms with E-state index in [0.29, 0.717) is 23.0 Å². The van der Waals surface area contributed by atoms with Gasteiger partial charge in [-0.05, 0) is 51.5 Å². The second-order valence-electron chi connectivity index (χ2n) is 9.11. The van der Waals surface area contributed by atoms with E-state index in [2.05, 4.69) is 20.2 Å². The van der Waals surface area contributed by atoms with Crippen molar-refractivity contribution in [1.82, 2.24) is 24.7 Å². The molecule has 0 spiro atoms. The monoisotopic (exact) mass is 519 g/mol. The lowest BCUT2D eigenvalue weighted by Gasteiger charge is -2.25. The van der Waals surface area contributed by atoms with E-state index in [1.165, 1.54) is 25.3 Å². The lowest BCUT2D eigenvalue weighted by atomic mass is 10.2. The number of benzene rings is 1. The van der Waals surface area contributed by atoms with Crippen LogP contribution in [0.3, 0.4) is 0 Å². The van der Waals surface area contributed by atoms with E-state index in [-0.39, 0.29) is 25.1 Å². The number of fused-ring (bicyclic) bond motifs is 3. The molecule has 1 aliphatic heterocycles. The third-order valence-corrected chi connectivity index (χ3v) is 7.94. The van der Waals surface area contributed by atoms with Crippen LogP contribution in [0.25, 0.3) is 11.4 Å². The largest absolute Gasteiger partial charge is 0.491 e. The van der Waals surface area contributed by atoms with Gasteiger partial charge < -0.3 is 18.8 Å². The molecule has 12 heteroatoms. The first kappa shape index (κ1) is 26.1. The van der Waals surface area contributed by atoms with Gasteiger partial charge in [0.15, 0.2) is 21.5 Å². The van der Waals surface area contributed by atoms with Crippen molar-refractivity contribution in [2.24, 2.45) is 0 Å². The Bertz CT molecular complexity index is 1310. The molecule has 0 fully saturated rings. The zero-order valence-corrected chi connectivity index (χ0v) is 21.7. The Morgan fingerprint density at radius 1 is 1.19 bits per heavy atom. The van der Waals surface area contributed by atoms with Crippen molar-refractivity contribution in [3.05, 3.63) is 53.6 Å². The average Bonchev–Trinajstić information content (AvgIpc) is 3.16. The fourth-order valence-corrected chi connectivity index (χ4v) is 5.47. The normalized spacial score (nSPS) is 17.1. The average molecular weight is 520 g/mol. The van der Waals surface area contributed by atoms with Gasteiger partial charge in [0.1, 0.15) is 35.9 Å². The van der Waals surface area contributed by atoms with Gasteiger partial charge in [-0.2, -0.15) is 0 Å². The Balaban J connectivity index is 1.72. The highest BCUT2D eigenvalue weighted by atomic mass is 32.2. The molecule has 3 atom stereocenters. The van der Waals surface area contributed by atoms with E-state index in [9.17, 15) is 12.8 Å². The second-order valence-corrected chi connectivity index (χ2v) is 11.5. The molecule has 10 nitrogen and oxygen atoms in total. The molecule has 0 saturated carbocycles. The maximum atomic E-state index is 14.1. The summed E-state index contributed by atoms with van der Waals surface area (Å²) in [6.45, 7) is 7.47. The number of rotatable bonds is 9. The zero-order valence-electron chi connectivity index (χ0n) is 20.9. The van der Waals surface area contributed by atoms with Crippen LogP contribution in [0, 0.1) is 12.7 Å². The molecule has 3 heterocycles. The van der Waals surface area contributed by atoms with E-state index in [1.54, 1.807) is 23.9 Å². The summed E-state index contributed by atoms with van der Waals surface area (Å²) in [6, 6.07) is 3.70. The predicted octanol–water partition coefficient (Wildman–Crippen LogP) is 3.23. The SMILES string of the molecule is COC[C@H]1COc2ccc(F)cc2-c2nnc(CS(=O)(=O)[C@@H](C)[C@@H](OC(C)C)c3ncc(C)cn3)n21. The topological polar surface area (TPSA) is 118 Å². The van der Waals surface area contributed by atoms with Gasteiger partial charge in [-0.1, -0.05) is 0 Å². The van der Waals surface area contributed by atoms with E-state index < -0.39 is 38.8 Å². The third-order valence-electron chi connectivity index (χ3n) is 5.90. The molecule has 194 valence electrons. The molecule has 1 aliphatic rings. The molecule has 2 aromatic heterocycles. The van der Waals surface area contributed by atoms with Gasteiger partial charge in [0.25, 0.3) is 0 Å². The van der Waals surface area contributed by atoms with E-state index in [1.807, 2.05) is 20.8 Å². The summed E-state index contributed by atoms with van der Waals surface area (Å²) in [5.74, 6) is 0.363. The molecule has 0 aliphatic carbocycles. The number of ether oxygens (including phenoxy) is 3. The number of aryl methyl sites for hydroxylation is 1. The van der Waals surface area contributed by atoms with Crippen molar-refractivity contribution in [3.63, 3.8) is 0 Å². The van der Waals surface area contributed by atoms with Crippen molar-refractivity contribution >= 4 is 9.84 Å². The molecule has 36 heavy (non-hydrogen) atoms. The van der Waals surface area contributed by atoms with Crippen LogP contribution in [0.4, 0.5) is 4.39 Å². The lowest BCUT2D eigenvalue weighted by Crippen LogP contribution is -2.32. The van der Waals surface area contributed by atoms with Crippen molar-refractivity contribution < 1.29 is 27.0 Å². The summed E-state index contributed by atoms with van der Waals surface area (Å²) in [4.78, 5) is 8.63. The van der Waals surface area contributed by atoms with Crippen LogP contribution in [0.1, 0.15) is 50.1 Å². The fraction of sp³-hybridized carbons (Fsp3) is 0.500. The number of halogens is 1. The fourth-order valence-electron chi connectivity index (χ4n) is 4.09. The molecule has 0 saturated heterocycles. The van der Waals surface area contributed by atoms with Crippen molar-refractivity contribution in [2.45, 2.75) is 56.9 Å². The molecule has 3 aromatic rings. The number of methoxy groups -OCH3 is 1. The minimum absolute atomic E-state index is 0.177. The van der Waals surface area contributed by atoms with Crippen LogP contribution < -0.4 is 4.74 Å². The molecule has 0 bridgehead atoms. The zero-order chi connectivity index (χ0) is 26.0. The smallest absolute Gasteiger partial charge is 0.168 e. The maximum Gasteiger partial charge on any atom is 0.168 e.